The molecular formula is C34H24. The summed E-state index contributed by atoms with van der Waals surface area (Å²) in [7, 11) is 0. The van der Waals surface area contributed by atoms with Crippen LogP contribution in [0.3, 0.4) is 0 Å². The Morgan fingerprint density at radius 1 is 0.559 bits per heavy atom. The van der Waals surface area contributed by atoms with Gasteiger partial charge in [-0.15, -0.1) is 0 Å². The van der Waals surface area contributed by atoms with Crippen LogP contribution in [-0.2, 0) is 11.8 Å². The van der Waals surface area contributed by atoms with Crippen molar-refractivity contribution in [2.75, 3.05) is 0 Å². The minimum absolute atomic E-state index is 0.0412. The van der Waals surface area contributed by atoms with Gasteiger partial charge in [-0.1, -0.05) is 109 Å². The normalized spacial score (nSPS) is 28.6. The van der Waals surface area contributed by atoms with Gasteiger partial charge in [0, 0.05) is 0 Å². The van der Waals surface area contributed by atoms with E-state index in [-0.39, 0.29) is 5.41 Å². The summed E-state index contributed by atoms with van der Waals surface area (Å²) in [4.78, 5) is 0. The van der Waals surface area contributed by atoms with E-state index in [9.17, 15) is 0 Å². The second-order valence-electron chi connectivity index (χ2n) is 10.8. The predicted octanol–water partition coefficient (Wildman–Crippen LogP) is 7.84. The molecule has 0 aliphatic heterocycles. The van der Waals surface area contributed by atoms with Gasteiger partial charge >= 0.3 is 0 Å². The second kappa shape index (κ2) is 5.88. The zero-order chi connectivity index (χ0) is 22.0. The molecule has 4 aliphatic rings. The van der Waals surface area contributed by atoms with Gasteiger partial charge in [0.1, 0.15) is 0 Å². The topological polar surface area (TPSA) is 0 Å². The minimum Gasteiger partial charge on any atom is -0.0620 e. The van der Waals surface area contributed by atoms with Gasteiger partial charge in [-0.25, -0.2) is 0 Å². The minimum atomic E-state index is -0.0412. The van der Waals surface area contributed by atoms with Crippen molar-refractivity contribution in [3.63, 3.8) is 0 Å². The maximum atomic E-state index is 2.48. The summed E-state index contributed by atoms with van der Waals surface area (Å²) in [5.74, 6) is 2.60. The third-order valence-corrected chi connectivity index (χ3v) is 9.79. The highest BCUT2D eigenvalue weighted by Crippen LogP contribution is 2.77. The average Bonchev–Trinajstić information content (AvgIpc) is 3.45. The van der Waals surface area contributed by atoms with Gasteiger partial charge in [0.05, 0.1) is 5.41 Å². The van der Waals surface area contributed by atoms with Crippen LogP contribution in [0, 0.1) is 11.8 Å². The molecule has 160 valence electrons. The third kappa shape index (κ3) is 1.78. The molecule has 5 aromatic carbocycles. The van der Waals surface area contributed by atoms with Gasteiger partial charge in [0.25, 0.3) is 0 Å². The number of fused-ring (bicyclic) bond motifs is 17. The number of hydrogen-bond acceptors (Lipinski definition) is 0. The first-order valence-electron chi connectivity index (χ1n) is 12.7. The van der Waals surface area contributed by atoms with Gasteiger partial charge in [0.15, 0.2) is 0 Å². The van der Waals surface area contributed by atoms with E-state index in [1.807, 2.05) is 0 Å². The monoisotopic (exact) mass is 432 g/mol. The largest absolute Gasteiger partial charge is 0.0620 e. The Morgan fingerprint density at radius 2 is 1.29 bits per heavy atom. The van der Waals surface area contributed by atoms with Gasteiger partial charge in [-0.3, -0.25) is 0 Å². The summed E-state index contributed by atoms with van der Waals surface area (Å²) in [5, 5.41) is 2.74. The van der Waals surface area contributed by atoms with E-state index >= 15 is 0 Å². The maximum absolute atomic E-state index is 2.48. The van der Waals surface area contributed by atoms with E-state index in [1.54, 1.807) is 27.8 Å². The fourth-order valence-electron chi connectivity index (χ4n) is 8.84. The molecule has 0 saturated heterocycles. The quantitative estimate of drug-likeness (QED) is 0.234. The van der Waals surface area contributed by atoms with Crippen LogP contribution in [0.2, 0.25) is 0 Å². The lowest BCUT2D eigenvalue weighted by atomic mass is 9.49. The van der Waals surface area contributed by atoms with Crippen molar-refractivity contribution >= 4 is 10.8 Å². The van der Waals surface area contributed by atoms with Crippen LogP contribution in [0.25, 0.3) is 21.9 Å². The molecule has 0 amide bonds. The Hall–Kier alpha value is -3.64. The van der Waals surface area contributed by atoms with Crippen LogP contribution in [-0.4, -0.2) is 0 Å². The zero-order valence-electron chi connectivity index (χ0n) is 18.9. The number of benzene rings is 5. The van der Waals surface area contributed by atoms with Gasteiger partial charge in [-0.2, -0.15) is 0 Å². The molecule has 0 nitrogen and oxygen atoms in total. The summed E-state index contributed by atoms with van der Waals surface area (Å²) in [6, 6.07) is 41.9. The summed E-state index contributed by atoms with van der Waals surface area (Å²) in [5.41, 5.74) is 12.3. The molecule has 0 heterocycles. The van der Waals surface area contributed by atoms with Crippen molar-refractivity contribution in [3.8, 4) is 11.1 Å². The lowest BCUT2D eigenvalue weighted by molar-refractivity contribution is 0.0821. The predicted molar refractivity (Wildman–Crippen MR) is 138 cm³/mol. The van der Waals surface area contributed by atoms with E-state index in [0.29, 0.717) is 23.7 Å². The van der Waals surface area contributed by atoms with E-state index in [0.717, 1.165) is 0 Å². The van der Waals surface area contributed by atoms with Crippen LogP contribution in [0.1, 0.15) is 45.2 Å². The highest BCUT2D eigenvalue weighted by atomic mass is 14.7. The van der Waals surface area contributed by atoms with Crippen LogP contribution in [0.5, 0.6) is 0 Å². The zero-order valence-corrected chi connectivity index (χ0v) is 18.9. The summed E-state index contributed by atoms with van der Waals surface area (Å²) in [6.07, 6.45) is 1.23. The molecule has 9 rings (SSSR count). The lowest BCUT2D eigenvalue weighted by Gasteiger charge is -2.52. The molecular weight excluding hydrogens is 408 g/mol. The van der Waals surface area contributed by atoms with E-state index in [2.05, 4.69) is 109 Å². The molecule has 5 atom stereocenters. The first-order chi connectivity index (χ1) is 16.9. The molecule has 0 heteroatoms. The Balaban J connectivity index is 1.41. The molecule has 1 saturated carbocycles. The Labute approximate surface area is 199 Å². The number of rotatable bonds is 0. The van der Waals surface area contributed by atoms with Crippen LogP contribution in [0.4, 0.5) is 0 Å². The van der Waals surface area contributed by atoms with Gasteiger partial charge in [0.2, 0.25) is 0 Å². The van der Waals surface area contributed by atoms with Crippen molar-refractivity contribution in [3.05, 3.63) is 143 Å². The van der Waals surface area contributed by atoms with E-state index in [1.165, 1.54) is 33.9 Å². The first kappa shape index (κ1) is 17.8. The Morgan fingerprint density at radius 3 is 2.24 bits per heavy atom. The second-order valence-corrected chi connectivity index (χ2v) is 10.8. The molecule has 5 aromatic rings. The smallest absolute Gasteiger partial charge is 0.0503 e. The molecule has 4 aliphatic carbocycles. The van der Waals surface area contributed by atoms with Crippen molar-refractivity contribution in [1.29, 1.82) is 0 Å². The number of hydrogen-bond donors (Lipinski definition) is 0. The van der Waals surface area contributed by atoms with Crippen molar-refractivity contribution in [1.82, 2.24) is 0 Å². The Bertz CT molecular complexity index is 1670. The summed E-state index contributed by atoms with van der Waals surface area (Å²) >= 11 is 0. The first-order valence-corrected chi connectivity index (χ1v) is 12.7. The standard InChI is InChI=1S/C34H24/c1-3-11-22-20(9-1)17-18-29-30(22)24-13-5-7-15-27(24)34(29)28-16-8-6-14-25(28)32-31-23-12-4-2-10-21(23)19-26(31)33(32)34/h1-18,26,31-33H,19H2/t26-,31+,32?,33-,34?/m0/s1. The molecule has 1 spiro atoms. The molecule has 34 heavy (non-hydrogen) atoms. The van der Waals surface area contributed by atoms with Gasteiger partial charge < -0.3 is 0 Å². The lowest BCUT2D eigenvalue weighted by Crippen LogP contribution is -2.48. The van der Waals surface area contributed by atoms with Crippen molar-refractivity contribution < 1.29 is 0 Å². The molecule has 2 unspecified atom stereocenters. The fraction of sp³-hybridized carbons (Fsp3) is 0.176. The van der Waals surface area contributed by atoms with Crippen LogP contribution < -0.4 is 0 Å². The van der Waals surface area contributed by atoms with E-state index < -0.39 is 0 Å². The Kier molecular flexibility index (Phi) is 3.08. The van der Waals surface area contributed by atoms with E-state index in [4.69, 9.17) is 0 Å². The van der Waals surface area contributed by atoms with Crippen molar-refractivity contribution in [2.45, 2.75) is 23.7 Å². The molecule has 0 N–H and O–H groups in total. The fourth-order valence-corrected chi connectivity index (χ4v) is 8.84. The molecule has 0 aromatic heterocycles. The third-order valence-electron chi connectivity index (χ3n) is 9.79. The highest BCUT2D eigenvalue weighted by molar-refractivity contribution is 6.03. The summed E-state index contributed by atoms with van der Waals surface area (Å²) in [6.45, 7) is 0. The molecule has 0 bridgehead atoms. The van der Waals surface area contributed by atoms with Gasteiger partial charge in [-0.05, 0) is 85.4 Å². The van der Waals surface area contributed by atoms with Crippen LogP contribution in [0.15, 0.2) is 109 Å². The molecule has 0 radical (unpaired) electrons. The molecule has 1 fully saturated rings. The maximum Gasteiger partial charge on any atom is 0.0503 e. The average molecular weight is 433 g/mol. The van der Waals surface area contributed by atoms with Crippen molar-refractivity contribution in [2.24, 2.45) is 11.8 Å². The SMILES string of the molecule is c1ccc2c(c1)C[C@@H]1[C@H]3C(c4ccccc4C34c3ccccc3-c3c4ccc4ccccc34)[C@H]21. The highest BCUT2D eigenvalue weighted by Gasteiger charge is 2.69. The summed E-state index contributed by atoms with van der Waals surface area (Å²) < 4.78 is 0. The van der Waals surface area contributed by atoms with Crippen LogP contribution >= 0.6 is 0 Å².